The zero-order chi connectivity index (χ0) is 39.1. The maximum absolute atomic E-state index is 6.48. The summed E-state index contributed by atoms with van der Waals surface area (Å²) < 4.78 is 8.65. The summed E-state index contributed by atoms with van der Waals surface area (Å²) in [5.41, 5.74) is 12.3. The molecule has 0 spiro atoms. The predicted molar refractivity (Wildman–Crippen MR) is 237 cm³/mol. The zero-order valence-corrected chi connectivity index (χ0v) is 36.4. The van der Waals surface area contributed by atoms with E-state index in [2.05, 4.69) is 115 Å². The van der Waals surface area contributed by atoms with E-state index >= 15 is 0 Å². The van der Waals surface area contributed by atoms with Crippen molar-refractivity contribution in [1.29, 1.82) is 0 Å². The van der Waals surface area contributed by atoms with Gasteiger partial charge in [-0.1, -0.05) is 110 Å². The summed E-state index contributed by atoms with van der Waals surface area (Å²) in [6.07, 6.45) is 3.16. The van der Waals surface area contributed by atoms with Crippen LogP contribution in [0.5, 0.6) is 0 Å². The maximum Gasteiger partial charge on any atom is 0.216 e. The molecule has 6 nitrogen and oxygen atoms in total. The van der Waals surface area contributed by atoms with Gasteiger partial charge in [-0.2, -0.15) is 0 Å². The molecule has 5 heterocycles. The van der Waals surface area contributed by atoms with Crippen LogP contribution in [0.3, 0.4) is 0 Å². The monoisotopic (exact) mass is 948 g/mol. The van der Waals surface area contributed by atoms with Crippen LogP contribution in [0.1, 0.15) is 18.2 Å². The van der Waals surface area contributed by atoms with Crippen molar-refractivity contribution < 1.29 is 24.5 Å². The Hall–Kier alpha value is -6.05. The largest absolute Gasteiger partial charge is 0.486 e. The number of benzene rings is 5. The fraction of sp³-hybridized carbons (Fsp3) is 0.120. The fourth-order valence-electron chi connectivity index (χ4n) is 7.56. The van der Waals surface area contributed by atoms with Crippen LogP contribution in [0.15, 0.2) is 150 Å². The number of aromatic nitrogens is 5. The number of hydrogen-bond donors (Lipinski definition) is 0. The molecule has 287 valence electrons. The van der Waals surface area contributed by atoms with Gasteiger partial charge in [-0.05, 0) is 60.6 Å². The number of aryl methyl sites for hydroxylation is 2. The van der Waals surface area contributed by atoms with E-state index in [4.69, 9.17) is 19.4 Å². The number of imidazole rings is 1. The van der Waals surface area contributed by atoms with Gasteiger partial charge in [0.25, 0.3) is 0 Å². The van der Waals surface area contributed by atoms with Crippen molar-refractivity contribution in [2.24, 2.45) is 0 Å². The van der Waals surface area contributed by atoms with Gasteiger partial charge in [-0.25, -0.2) is 4.98 Å². The molecule has 5 aromatic heterocycles. The first kappa shape index (κ1) is 38.8. The SMILES string of the molecule is CCc1cc(-c2[c-]cccc2)ncc1[Si](C)(C)C.Cc1ccc2ccc3nc(-c4[c-]ccc5c4oc4nc(-c6ccccc6)ccc45)n(-c4ccccc4)c3c2n1.[Ir]. The summed E-state index contributed by atoms with van der Waals surface area (Å²) >= 11 is 0. The number of fused-ring (bicyclic) bond motifs is 6. The van der Waals surface area contributed by atoms with Crippen LogP contribution in [-0.2, 0) is 26.5 Å². The molecule has 0 fully saturated rings. The summed E-state index contributed by atoms with van der Waals surface area (Å²) in [6.45, 7) is 11.4. The van der Waals surface area contributed by atoms with E-state index in [1.807, 2.05) is 85.8 Å². The van der Waals surface area contributed by atoms with E-state index in [0.29, 0.717) is 11.3 Å². The molecule has 8 heteroatoms. The van der Waals surface area contributed by atoms with Crippen molar-refractivity contribution in [3.63, 3.8) is 0 Å². The van der Waals surface area contributed by atoms with Crippen LogP contribution in [0, 0.1) is 19.1 Å². The molecule has 58 heavy (non-hydrogen) atoms. The van der Waals surface area contributed by atoms with Crippen LogP contribution >= 0.6 is 0 Å². The zero-order valence-electron chi connectivity index (χ0n) is 33.0. The molecule has 0 aliphatic carbocycles. The molecular formula is C50H41IrN5OSi-2. The minimum Gasteiger partial charge on any atom is -0.486 e. The Labute approximate surface area is 353 Å². The normalized spacial score (nSPS) is 11.5. The van der Waals surface area contributed by atoms with Gasteiger partial charge in [0, 0.05) is 54.0 Å². The van der Waals surface area contributed by atoms with Gasteiger partial charge >= 0.3 is 0 Å². The van der Waals surface area contributed by atoms with Crippen LogP contribution in [0.25, 0.3) is 83.6 Å². The second kappa shape index (κ2) is 16.1. The molecule has 0 unspecified atom stereocenters. The molecule has 5 aromatic carbocycles. The average molecular weight is 948 g/mol. The van der Waals surface area contributed by atoms with Crippen molar-refractivity contribution in [2.45, 2.75) is 39.9 Å². The predicted octanol–water partition coefficient (Wildman–Crippen LogP) is 12.0. The number of hydrogen-bond acceptors (Lipinski definition) is 5. The number of furan rings is 1. The average Bonchev–Trinajstić information content (AvgIpc) is 3.83. The number of nitrogens with zero attached hydrogens (tertiary/aromatic N) is 5. The molecule has 0 saturated carbocycles. The summed E-state index contributed by atoms with van der Waals surface area (Å²) in [4.78, 5) is 19.6. The Bertz CT molecular complexity index is 3050. The third-order valence-corrected chi connectivity index (χ3v) is 12.5. The number of pyridine rings is 3. The minimum atomic E-state index is -1.30. The van der Waals surface area contributed by atoms with Crippen LogP contribution in [0.2, 0.25) is 19.6 Å². The smallest absolute Gasteiger partial charge is 0.216 e. The quantitative estimate of drug-likeness (QED) is 0.123. The number of rotatable bonds is 6. The molecule has 0 saturated heterocycles. The third kappa shape index (κ3) is 7.31. The van der Waals surface area contributed by atoms with E-state index in [0.717, 1.165) is 84.4 Å². The van der Waals surface area contributed by atoms with Crippen molar-refractivity contribution >= 4 is 57.3 Å². The van der Waals surface area contributed by atoms with E-state index in [1.54, 1.807) is 0 Å². The number of para-hydroxylation sites is 1. The molecule has 0 atom stereocenters. The van der Waals surface area contributed by atoms with Crippen molar-refractivity contribution in [3.8, 4) is 39.6 Å². The Morgan fingerprint density at radius 2 is 1.47 bits per heavy atom. The third-order valence-electron chi connectivity index (χ3n) is 10.4. The first-order chi connectivity index (χ1) is 27.8. The first-order valence-corrected chi connectivity index (χ1v) is 22.9. The topological polar surface area (TPSA) is 69.6 Å². The first-order valence-electron chi connectivity index (χ1n) is 19.4. The summed E-state index contributed by atoms with van der Waals surface area (Å²) in [6, 6.07) is 53.7. The Morgan fingerprint density at radius 1 is 0.707 bits per heavy atom. The molecule has 10 aromatic rings. The van der Waals surface area contributed by atoms with Gasteiger partial charge in [0.1, 0.15) is 0 Å². The van der Waals surface area contributed by atoms with Crippen LogP contribution < -0.4 is 5.19 Å². The Kier molecular flexibility index (Phi) is 10.7. The molecule has 0 N–H and O–H groups in total. The summed E-state index contributed by atoms with van der Waals surface area (Å²) in [5.74, 6) is 0.750. The van der Waals surface area contributed by atoms with Crippen LogP contribution in [0.4, 0.5) is 0 Å². The van der Waals surface area contributed by atoms with Gasteiger partial charge in [-0.15, -0.1) is 54.1 Å². The van der Waals surface area contributed by atoms with Gasteiger partial charge in [-0.3, -0.25) is 9.97 Å². The van der Waals surface area contributed by atoms with Gasteiger partial charge in [0.05, 0.1) is 41.7 Å². The molecule has 0 amide bonds. The molecule has 10 rings (SSSR count). The molecule has 0 bridgehead atoms. The minimum absolute atomic E-state index is 0. The van der Waals surface area contributed by atoms with E-state index < -0.39 is 8.07 Å². The Morgan fingerprint density at radius 3 is 2.21 bits per heavy atom. The summed E-state index contributed by atoms with van der Waals surface area (Å²) in [5, 5.41) is 4.49. The van der Waals surface area contributed by atoms with E-state index in [9.17, 15) is 0 Å². The second-order valence-electron chi connectivity index (χ2n) is 15.3. The molecule has 0 aliphatic heterocycles. The maximum atomic E-state index is 6.48. The van der Waals surface area contributed by atoms with E-state index in [-0.39, 0.29) is 20.1 Å². The van der Waals surface area contributed by atoms with Crippen molar-refractivity contribution in [1.82, 2.24) is 24.5 Å². The van der Waals surface area contributed by atoms with Gasteiger partial charge in [0.2, 0.25) is 5.71 Å². The Balaban J connectivity index is 0.000000209. The van der Waals surface area contributed by atoms with Crippen LogP contribution in [-0.4, -0.2) is 32.6 Å². The van der Waals surface area contributed by atoms with Gasteiger partial charge < -0.3 is 14.0 Å². The molecular weight excluding hydrogens is 907 g/mol. The van der Waals surface area contributed by atoms with E-state index in [1.165, 1.54) is 10.8 Å². The molecule has 1 radical (unpaired) electrons. The molecule has 0 aliphatic rings. The van der Waals surface area contributed by atoms with Gasteiger partial charge in [0.15, 0.2) is 0 Å². The summed E-state index contributed by atoms with van der Waals surface area (Å²) in [7, 11) is -1.30. The van der Waals surface area contributed by atoms with Crippen molar-refractivity contribution in [3.05, 3.63) is 169 Å². The van der Waals surface area contributed by atoms with Crippen molar-refractivity contribution in [2.75, 3.05) is 0 Å². The standard InChI is InChI=1S/C34H21N4O.C16H20NSi.Ir/c1-21-15-16-23-17-19-29-31(30(23)35-21)38(24-11-6-3-7-12-24)33(36-29)27-14-8-13-25-26-18-20-28(22-9-4-2-5-10-22)37-34(26)39-32(25)27;1-5-13-11-15(14-9-7-6-8-10-14)17-12-16(13)18(2,3)4;/h2-13,15-20H,1H3;6-9,11-12H,5H2,1-4H3;/q2*-1;. The second-order valence-corrected chi connectivity index (χ2v) is 20.3. The fourth-order valence-corrected chi connectivity index (χ4v) is 9.22.